The van der Waals surface area contributed by atoms with Crippen molar-refractivity contribution < 1.29 is 5.11 Å². The molecule has 2 N–H and O–H groups in total. The maximum Gasteiger partial charge on any atom is 0.116 e. The van der Waals surface area contributed by atoms with Crippen LogP contribution in [0.15, 0.2) is 35.9 Å². The molecule has 1 heterocycles. The second-order valence-corrected chi connectivity index (χ2v) is 5.30. The summed E-state index contributed by atoms with van der Waals surface area (Å²) in [5.41, 5.74) is 2.43. The van der Waals surface area contributed by atoms with Crippen LogP contribution in [0, 0.1) is 17.3 Å². The molecule has 1 aliphatic rings. The van der Waals surface area contributed by atoms with E-state index in [9.17, 15) is 5.11 Å². The summed E-state index contributed by atoms with van der Waals surface area (Å²) in [6, 6.07) is 7.04. The van der Waals surface area contributed by atoms with Crippen LogP contribution in [0.25, 0.3) is 0 Å². The van der Waals surface area contributed by atoms with Crippen molar-refractivity contribution in [1.82, 2.24) is 5.32 Å². The second kappa shape index (κ2) is 5.29. The molecular weight excluding hydrogens is 222 g/mol. The highest BCUT2D eigenvalue weighted by atomic mass is 16.3. The summed E-state index contributed by atoms with van der Waals surface area (Å²) in [7, 11) is 0. The molecular formula is C16H19NO. The molecule has 0 unspecified atom stereocenters. The maximum atomic E-state index is 9.35. The Kier molecular flexibility index (Phi) is 3.74. The topological polar surface area (TPSA) is 32.3 Å². The van der Waals surface area contributed by atoms with Gasteiger partial charge in [0.25, 0.3) is 0 Å². The smallest absolute Gasteiger partial charge is 0.116 e. The van der Waals surface area contributed by atoms with E-state index in [0.717, 1.165) is 25.1 Å². The number of hydrogen-bond acceptors (Lipinski definition) is 2. The number of benzene rings is 1. The second-order valence-electron chi connectivity index (χ2n) is 5.30. The number of piperidine rings is 1. The van der Waals surface area contributed by atoms with Crippen molar-refractivity contribution in [3.05, 3.63) is 41.5 Å². The zero-order valence-electron chi connectivity index (χ0n) is 11.0. The van der Waals surface area contributed by atoms with Crippen LogP contribution in [-0.2, 0) is 0 Å². The van der Waals surface area contributed by atoms with Crippen LogP contribution in [0.5, 0.6) is 5.75 Å². The fourth-order valence-electron chi connectivity index (χ4n) is 2.13. The minimum Gasteiger partial charge on any atom is -0.508 e. The fraction of sp³-hybridized carbons (Fsp3) is 0.375. The van der Waals surface area contributed by atoms with Gasteiger partial charge in [-0.3, -0.25) is 0 Å². The Morgan fingerprint density at radius 1 is 1.39 bits per heavy atom. The highest BCUT2D eigenvalue weighted by Crippen LogP contribution is 2.30. The van der Waals surface area contributed by atoms with Gasteiger partial charge in [-0.1, -0.05) is 37.3 Å². The van der Waals surface area contributed by atoms with E-state index in [1.54, 1.807) is 18.2 Å². The molecule has 1 aliphatic heterocycles. The zero-order valence-corrected chi connectivity index (χ0v) is 11.0. The van der Waals surface area contributed by atoms with E-state index in [4.69, 9.17) is 0 Å². The molecule has 0 radical (unpaired) electrons. The normalized spacial score (nSPS) is 20.2. The van der Waals surface area contributed by atoms with E-state index >= 15 is 0 Å². The van der Waals surface area contributed by atoms with Crippen LogP contribution in [0.1, 0.15) is 25.8 Å². The molecule has 1 fully saturated rings. The third kappa shape index (κ3) is 3.15. The Bertz CT molecular complexity index is 517. The molecule has 2 nitrogen and oxygen atoms in total. The first-order valence-electron chi connectivity index (χ1n) is 6.29. The number of aromatic hydroxyl groups is 1. The molecule has 1 aromatic rings. The Hall–Kier alpha value is -1.72. The Morgan fingerprint density at radius 2 is 2.22 bits per heavy atom. The largest absolute Gasteiger partial charge is 0.508 e. The number of phenolic OH excluding ortho intramolecular Hbond substituents is 1. The van der Waals surface area contributed by atoms with Gasteiger partial charge in [0, 0.05) is 12.1 Å². The molecule has 2 heteroatoms. The van der Waals surface area contributed by atoms with Crippen LogP contribution in [0.2, 0.25) is 0 Å². The van der Waals surface area contributed by atoms with Gasteiger partial charge in [0.2, 0.25) is 0 Å². The highest BCUT2D eigenvalue weighted by Gasteiger charge is 2.25. The lowest BCUT2D eigenvalue weighted by Gasteiger charge is -2.33. The lowest BCUT2D eigenvalue weighted by molar-refractivity contribution is 0.357. The van der Waals surface area contributed by atoms with Crippen LogP contribution in [0.4, 0.5) is 0 Å². The van der Waals surface area contributed by atoms with Gasteiger partial charge in [0.15, 0.2) is 0 Å². The lowest BCUT2D eigenvalue weighted by atomic mass is 9.79. The molecule has 94 valence electrons. The molecule has 18 heavy (non-hydrogen) atoms. The van der Waals surface area contributed by atoms with Crippen molar-refractivity contribution in [2.45, 2.75) is 20.3 Å². The first-order valence-corrected chi connectivity index (χ1v) is 6.29. The van der Waals surface area contributed by atoms with Crippen molar-refractivity contribution in [2.75, 3.05) is 13.1 Å². The molecule has 0 aromatic heterocycles. The predicted octanol–water partition coefficient (Wildman–Crippen LogP) is 2.69. The lowest BCUT2D eigenvalue weighted by Crippen LogP contribution is -2.37. The number of nitrogens with one attached hydrogen (secondary N) is 1. The van der Waals surface area contributed by atoms with E-state index < -0.39 is 0 Å². The van der Waals surface area contributed by atoms with Crippen molar-refractivity contribution >= 4 is 0 Å². The fourth-order valence-corrected chi connectivity index (χ4v) is 2.13. The van der Waals surface area contributed by atoms with Crippen LogP contribution in [-0.4, -0.2) is 18.2 Å². The van der Waals surface area contributed by atoms with Crippen molar-refractivity contribution in [2.24, 2.45) is 5.41 Å². The van der Waals surface area contributed by atoms with E-state index in [2.05, 4.69) is 31.0 Å². The summed E-state index contributed by atoms with van der Waals surface area (Å²) in [5.74, 6) is 6.43. The predicted molar refractivity (Wildman–Crippen MR) is 74.3 cm³/mol. The zero-order chi connectivity index (χ0) is 13.0. The van der Waals surface area contributed by atoms with Crippen LogP contribution in [0.3, 0.4) is 0 Å². The number of allylic oxidation sites excluding steroid dienone is 1. The maximum absolute atomic E-state index is 9.35. The molecule has 0 saturated carbocycles. The molecule has 0 bridgehead atoms. The van der Waals surface area contributed by atoms with E-state index in [0.29, 0.717) is 0 Å². The van der Waals surface area contributed by atoms with Crippen molar-refractivity contribution in [3.63, 3.8) is 0 Å². The van der Waals surface area contributed by atoms with Crippen molar-refractivity contribution in [3.8, 4) is 17.6 Å². The first kappa shape index (κ1) is 12.7. The summed E-state index contributed by atoms with van der Waals surface area (Å²) in [6.07, 6.45) is 3.09. The SMILES string of the molecule is CC1(C)CNCC/C1=C\C#Cc1cccc(O)c1. The third-order valence-corrected chi connectivity index (χ3v) is 3.32. The average molecular weight is 241 g/mol. The molecule has 0 aliphatic carbocycles. The quantitative estimate of drug-likeness (QED) is 0.684. The summed E-state index contributed by atoms with van der Waals surface area (Å²) in [4.78, 5) is 0. The Morgan fingerprint density at radius 3 is 2.94 bits per heavy atom. The van der Waals surface area contributed by atoms with E-state index in [-0.39, 0.29) is 11.2 Å². The molecule has 0 atom stereocenters. The highest BCUT2D eigenvalue weighted by molar-refractivity contribution is 5.42. The molecule has 1 saturated heterocycles. The van der Waals surface area contributed by atoms with Crippen molar-refractivity contribution in [1.29, 1.82) is 0 Å². The Labute approximate surface area is 109 Å². The first-order chi connectivity index (χ1) is 8.58. The Balaban J connectivity index is 2.15. The van der Waals surface area contributed by atoms with Gasteiger partial charge in [-0.15, -0.1) is 0 Å². The van der Waals surface area contributed by atoms with Gasteiger partial charge in [-0.05, 0) is 42.7 Å². The number of phenols is 1. The molecule has 0 spiro atoms. The monoisotopic (exact) mass is 241 g/mol. The third-order valence-electron chi connectivity index (χ3n) is 3.32. The van der Waals surface area contributed by atoms with Gasteiger partial charge >= 0.3 is 0 Å². The molecule has 1 aromatic carbocycles. The number of hydrogen-bond donors (Lipinski definition) is 2. The molecule has 0 amide bonds. The van der Waals surface area contributed by atoms with E-state index in [1.165, 1.54) is 5.57 Å². The minimum absolute atomic E-state index is 0.186. The van der Waals surface area contributed by atoms with Gasteiger partial charge in [0.05, 0.1) is 0 Å². The summed E-state index contributed by atoms with van der Waals surface area (Å²) in [6.45, 7) is 6.51. The van der Waals surface area contributed by atoms with Gasteiger partial charge in [0.1, 0.15) is 5.75 Å². The summed E-state index contributed by atoms with van der Waals surface area (Å²) in [5, 5.41) is 12.8. The van der Waals surface area contributed by atoms with Crippen LogP contribution < -0.4 is 5.32 Å². The molecule has 2 rings (SSSR count). The summed E-state index contributed by atoms with van der Waals surface area (Å²) < 4.78 is 0. The van der Waals surface area contributed by atoms with E-state index in [1.807, 2.05) is 12.1 Å². The average Bonchev–Trinajstić information content (AvgIpc) is 2.31. The van der Waals surface area contributed by atoms with Gasteiger partial charge < -0.3 is 10.4 Å². The van der Waals surface area contributed by atoms with Crippen LogP contribution >= 0.6 is 0 Å². The summed E-state index contributed by atoms with van der Waals surface area (Å²) >= 11 is 0. The minimum atomic E-state index is 0.186. The van der Waals surface area contributed by atoms with Gasteiger partial charge in [-0.25, -0.2) is 0 Å². The standard InChI is InChI=1S/C16H19NO/c1-16(2)12-17-10-9-14(16)7-3-5-13-6-4-8-15(18)11-13/h4,6-8,11,17-18H,9-10,12H2,1-2H3/b14-7+. The number of rotatable bonds is 0. The van der Waals surface area contributed by atoms with Gasteiger partial charge in [-0.2, -0.15) is 0 Å².